The molecule has 2 heterocycles. The standard InChI is InChI=1S/C29H36FN3O6.ClH/c1-8-38-23(35)12-18-14-32(5)20-10-16(9-19(26(20)39-18)29(2,3)4)21(34)15-33-13-17-11-22(36-6)27(37-7)25(30)24(17)28(33)31;/h9-11,18,31H,8,12-15H2,1-7H3;1H. The number of fused-ring (bicyclic) bond motifs is 2. The van der Waals surface area contributed by atoms with Gasteiger partial charge in [-0.1, -0.05) is 20.8 Å². The lowest BCUT2D eigenvalue weighted by Crippen LogP contribution is -2.40. The maximum absolute atomic E-state index is 15.2. The minimum absolute atomic E-state index is 0. The van der Waals surface area contributed by atoms with Crippen LogP contribution in [-0.4, -0.2) is 69.6 Å². The topological polar surface area (TPSA) is 101 Å². The Kier molecular flexibility index (Phi) is 9.24. The van der Waals surface area contributed by atoms with E-state index < -0.39 is 5.82 Å². The number of nitrogens with one attached hydrogen (secondary N) is 1. The summed E-state index contributed by atoms with van der Waals surface area (Å²) in [5.74, 6) is -0.456. The fourth-order valence-corrected chi connectivity index (χ4v) is 5.08. The lowest BCUT2D eigenvalue weighted by atomic mass is 9.83. The second-order valence-corrected chi connectivity index (χ2v) is 10.8. The molecule has 0 saturated carbocycles. The Hall–Kier alpha value is -3.53. The number of hydrogen-bond acceptors (Lipinski definition) is 8. The van der Waals surface area contributed by atoms with Crippen LogP contribution in [0.2, 0.25) is 0 Å². The van der Waals surface area contributed by atoms with Crippen LogP contribution >= 0.6 is 12.4 Å². The first-order valence-electron chi connectivity index (χ1n) is 12.9. The molecule has 0 aliphatic carbocycles. The summed E-state index contributed by atoms with van der Waals surface area (Å²) in [7, 11) is 4.67. The molecule has 1 atom stereocenters. The molecule has 0 fully saturated rings. The highest BCUT2D eigenvalue weighted by molar-refractivity contribution is 6.06. The number of rotatable bonds is 8. The number of carbonyl (C=O) groups is 2. The van der Waals surface area contributed by atoms with Gasteiger partial charge in [0.25, 0.3) is 0 Å². The van der Waals surface area contributed by atoms with Gasteiger partial charge in [-0.15, -0.1) is 12.4 Å². The first kappa shape index (κ1) is 31.0. The van der Waals surface area contributed by atoms with Gasteiger partial charge >= 0.3 is 5.97 Å². The number of nitrogens with zero attached hydrogens (tertiary/aromatic N) is 2. The number of hydrogen-bond donors (Lipinski definition) is 1. The zero-order chi connectivity index (χ0) is 28.6. The summed E-state index contributed by atoms with van der Waals surface area (Å²) in [6, 6.07) is 5.25. The number of benzene rings is 2. The first-order valence-corrected chi connectivity index (χ1v) is 12.9. The number of anilines is 1. The van der Waals surface area contributed by atoms with Crippen molar-refractivity contribution in [3.63, 3.8) is 0 Å². The Labute approximate surface area is 240 Å². The third kappa shape index (κ3) is 5.82. The smallest absolute Gasteiger partial charge is 0.309 e. The molecule has 4 rings (SSSR count). The quantitative estimate of drug-likeness (QED) is 0.355. The third-order valence-corrected chi connectivity index (χ3v) is 7.01. The van der Waals surface area contributed by atoms with Crippen molar-refractivity contribution in [3.05, 3.63) is 46.3 Å². The van der Waals surface area contributed by atoms with E-state index in [-0.39, 0.29) is 78.1 Å². The van der Waals surface area contributed by atoms with Crippen LogP contribution in [0.15, 0.2) is 18.2 Å². The van der Waals surface area contributed by atoms with Crippen molar-refractivity contribution < 1.29 is 32.9 Å². The first-order chi connectivity index (χ1) is 18.4. The monoisotopic (exact) mass is 577 g/mol. The predicted molar refractivity (Wildman–Crippen MR) is 152 cm³/mol. The van der Waals surface area contributed by atoms with E-state index in [0.29, 0.717) is 30.0 Å². The van der Waals surface area contributed by atoms with Gasteiger partial charge < -0.3 is 28.7 Å². The van der Waals surface area contributed by atoms with Crippen LogP contribution in [-0.2, 0) is 21.5 Å². The molecule has 0 radical (unpaired) electrons. The molecule has 40 heavy (non-hydrogen) atoms. The number of carbonyl (C=O) groups excluding carboxylic acids is 2. The summed E-state index contributed by atoms with van der Waals surface area (Å²) in [5.41, 5.74) is 2.37. The van der Waals surface area contributed by atoms with E-state index in [1.54, 1.807) is 24.0 Å². The summed E-state index contributed by atoms with van der Waals surface area (Å²) < 4.78 is 37.0. The van der Waals surface area contributed by atoms with Gasteiger partial charge in [-0.2, -0.15) is 0 Å². The Morgan fingerprint density at radius 2 is 1.88 bits per heavy atom. The summed E-state index contributed by atoms with van der Waals surface area (Å²) in [6.07, 6.45) is -0.247. The van der Waals surface area contributed by atoms with Crippen LogP contribution in [0, 0.1) is 11.2 Å². The number of likely N-dealkylation sites (N-methyl/N-ethyl adjacent to an activating group) is 1. The van der Waals surface area contributed by atoms with E-state index in [1.807, 2.05) is 38.8 Å². The maximum atomic E-state index is 15.2. The third-order valence-electron chi connectivity index (χ3n) is 7.01. The fourth-order valence-electron chi connectivity index (χ4n) is 5.08. The van der Waals surface area contributed by atoms with Crippen molar-refractivity contribution in [2.75, 3.05) is 45.9 Å². The van der Waals surface area contributed by atoms with E-state index in [0.717, 1.165) is 11.3 Å². The number of ether oxygens (including phenoxy) is 4. The number of amidine groups is 1. The number of ketones is 1. The van der Waals surface area contributed by atoms with E-state index in [2.05, 4.69) is 0 Å². The van der Waals surface area contributed by atoms with E-state index in [4.69, 9.17) is 24.4 Å². The maximum Gasteiger partial charge on any atom is 0.309 e. The lowest BCUT2D eigenvalue weighted by Gasteiger charge is -2.37. The Balaban J connectivity index is 0.00000441. The highest BCUT2D eigenvalue weighted by Gasteiger charge is 2.35. The van der Waals surface area contributed by atoms with Gasteiger partial charge in [0.1, 0.15) is 17.7 Å². The van der Waals surface area contributed by atoms with E-state index >= 15 is 4.39 Å². The number of Topliss-reactive ketones (excluding diaryl/α,β-unsaturated/α-hetero) is 1. The second kappa shape index (κ2) is 11.9. The molecule has 0 saturated heterocycles. The molecule has 2 aromatic rings. The van der Waals surface area contributed by atoms with Gasteiger partial charge in [-0.3, -0.25) is 15.0 Å². The molecular formula is C29H37ClFN3O6. The van der Waals surface area contributed by atoms with Crippen LogP contribution in [0.25, 0.3) is 0 Å². The average Bonchev–Trinajstić information content (AvgIpc) is 3.17. The van der Waals surface area contributed by atoms with Crippen molar-refractivity contribution in [2.24, 2.45) is 0 Å². The van der Waals surface area contributed by atoms with Crippen molar-refractivity contribution in [2.45, 2.75) is 52.2 Å². The van der Waals surface area contributed by atoms with E-state index in [9.17, 15) is 9.59 Å². The largest absolute Gasteiger partial charge is 0.493 e. The van der Waals surface area contributed by atoms with Crippen LogP contribution in [0.3, 0.4) is 0 Å². The Morgan fingerprint density at radius 1 is 1.18 bits per heavy atom. The second-order valence-electron chi connectivity index (χ2n) is 10.8. The number of halogens is 2. The van der Waals surface area contributed by atoms with Crippen LogP contribution in [0.4, 0.5) is 10.1 Å². The molecule has 11 heteroatoms. The van der Waals surface area contributed by atoms with Gasteiger partial charge in [-0.05, 0) is 36.1 Å². The summed E-state index contributed by atoms with van der Waals surface area (Å²) in [5, 5.41) is 8.59. The van der Waals surface area contributed by atoms with Crippen LogP contribution in [0.5, 0.6) is 17.2 Å². The highest BCUT2D eigenvalue weighted by Crippen LogP contribution is 2.43. The molecule has 218 valence electrons. The molecule has 2 aliphatic heterocycles. The number of methoxy groups -OCH3 is 2. The molecule has 1 N–H and O–H groups in total. The van der Waals surface area contributed by atoms with Crippen LogP contribution < -0.4 is 19.1 Å². The minimum Gasteiger partial charge on any atom is -0.493 e. The van der Waals surface area contributed by atoms with Gasteiger partial charge in [0, 0.05) is 24.7 Å². The zero-order valence-corrected chi connectivity index (χ0v) is 24.8. The Bertz CT molecular complexity index is 1330. The summed E-state index contributed by atoms with van der Waals surface area (Å²) in [6.45, 7) is 8.74. The van der Waals surface area contributed by atoms with Crippen molar-refractivity contribution in [1.29, 1.82) is 5.41 Å². The average molecular weight is 578 g/mol. The van der Waals surface area contributed by atoms with Crippen molar-refractivity contribution in [3.8, 4) is 17.2 Å². The Morgan fingerprint density at radius 3 is 2.48 bits per heavy atom. The molecule has 2 aliphatic rings. The minimum atomic E-state index is -0.674. The molecule has 0 bridgehead atoms. The summed E-state index contributed by atoms with van der Waals surface area (Å²) in [4.78, 5) is 29.2. The van der Waals surface area contributed by atoms with Crippen molar-refractivity contribution in [1.82, 2.24) is 4.90 Å². The van der Waals surface area contributed by atoms with Gasteiger partial charge in [0.15, 0.2) is 23.1 Å². The molecular weight excluding hydrogens is 541 g/mol. The van der Waals surface area contributed by atoms with Gasteiger partial charge in [0.05, 0.1) is 51.6 Å². The van der Waals surface area contributed by atoms with Crippen molar-refractivity contribution >= 4 is 35.7 Å². The highest BCUT2D eigenvalue weighted by atomic mass is 35.5. The number of esters is 1. The molecule has 1 unspecified atom stereocenters. The molecule has 0 aromatic heterocycles. The fraction of sp³-hybridized carbons (Fsp3) is 0.483. The zero-order valence-electron chi connectivity index (χ0n) is 24.0. The predicted octanol–water partition coefficient (Wildman–Crippen LogP) is 4.74. The van der Waals surface area contributed by atoms with Crippen LogP contribution in [0.1, 0.15) is 61.2 Å². The van der Waals surface area contributed by atoms with Gasteiger partial charge in [-0.25, -0.2) is 4.39 Å². The lowest BCUT2D eigenvalue weighted by molar-refractivity contribution is -0.144. The normalized spacial score (nSPS) is 16.0. The SMILES string of the molecule is CCOC(=O)CC1CN(C)c2cc(C(=O)CN3Cc4cc(OC)c(OC)c(F)c4C3=N)cc(C(C)(C)C)c2O1.Cl. The molecule has 2 aromatic carbocycles. The molecule has 9 nitrogen and oxygen atoms in total. The van der Waals surface area contributed by atoms with E-state index in [1.165, 1.54) is 14.2 Å². The molecule has 0 amide bonds. The molecule has 0 spiro atoms. The van der Waals surface area contributed by atoms with Gasteiger partial charge in [0.2, 0.25) is 0 Å². The summed E-state index contributed by atoms with van der Waals surface area (Å²) >= 11 is 0.